The second kappa shape index (κ2) is 7.81. The maximum absolute atomic E-state index is 9.72. The molecule has 1 aromatic rings. The number of aliphatic hydroxyl groups excluding tert-OH is 1. The second-order valence-electron chi connectivity index (χ2n) is 4.32. The lowest BCUT2D eigenvalue weighted by Crippen LogP contribution is -2.46. The molecule has 1 aliphatic rings. The third kappa shape index (κ3) is 4.06. The minimum absolute atomic E-state index is 0. The highest BCUT2D eigenvalue weighted by Crippen LogP contribution is 2.36. The third-order valence-corrected chi connectivity index (χ3v) is 4.40. The molecule has 2 rings (SSSR count). The van der Waals surface area contributed by atoms with Gasteiger partial charge in [-0.3, -0.25) is 4.90 Å². The first-order valence-electron chi connectivity index (χ1n) is 5.87. The Kier molecular flexibility index (Phi) is 7.07. The molecule has 108 valence electrons. The summed E-state index contributed by atoms with van der Waals surface area (Å²) in [5, 5.41) is 22.6. The molecule has 1 aromatic carbocycles. The van der Waals surface area contributed by atoms with Gasteiger partial charge >= 0.3 is 0 Å². The summed E-state index contributed by atoms with van der Waals surface area (Å²) < 4.78 is 1.28. The van der Waals surface area contributed by atoms with Crippen LogP contribution in [0.5, 0.6) is 5.75 Å². The SMILES string of the molecule is Cl.OC[C@@H](c1cc(Br)c(O)c(Br)c1)N1CCNCC1. The minimum Gasteiger partial charge on any atom is -0.506 e. The smallest absolute Gasteiger partial charge is 0.143 e. The Bertz CT molecular complexity index is 405. The van der Waals surface area contributed by atoms with Crippen molar-refractivity contribution in [3.05, 3.63) is 26.6 Å². The molecule has 0 saturated carbocycles. The summed E-state index contributed by atoms with van der Waals surface area (Å²) in [5.74, 6) is 0.191. The molecule has 4 nitrogen and oxygen atoms in total. The van der Waals surface area contributed by atoms with Gasteiger partial charge in [0.05, 0.1) is 21.6 Å². The van der Waals surface area contributed by atoms with Crippen LogP contribution in [0.1, 0.15) is 11.6 Å². The van der Waals surface area contributed by atoms with Gasteiger partial charge in [0, 0.05) is 26.2 Å². The van der Waals surface area contributed by atoms with Crippen molar-refractivity contribution < 1.29 is 10.2 Å². The first-order chi connectivity index (χ1) is 8.63. The zero-order valence-corrected chi connectivity index (χ0v) is 14.3. The summed E-state index contributed by atoms with van der Waals surface area (Å²) in [6.07, 6.45) is 0. The minimum atomic E-state index is -0.0275. The first-order valence-corrected chi connectivity index (χ1v) is 7.45. The van der Waals surface area contributed by atoms with Gasteiger partial charge in [0.1, 0.15) is 5.75 Å². The zero-order chi connectivity index (χ0) is 13.1. The van der Waals surface area contributed by atoms with E-state index >= 15 is 0 Å². The van der Waals surface area contributed by atoms with Crippen LogP contribution in [0.3, 0.4) is 0 Å². The van der Waals surface area contributed by atoms with E-state index in [9.17, 15) is 10.2 Å². The highest BCUT2D eigenvalue weighted by Gasteiger charge is 2.22. The van der Waals surface area contributed by atoms with Gasteiger partial charge in [0.2, 0.25) is 0 Å². The van der Waals surface area contributed by atoms with Crippen LogP contribution in [-0.2, 0) is 0 Å². The number of phenols is 1. The number of nitrogens with one attached hydrogen (secondary N) is 1. The molecule has 1 fully saturated rings. The normalized spacial score (nSPS) is 17.8. The number of benzene rings is 1. The van der Waals surface area contributed by atoms with E-state index in [0.717, 1.165) is 31.7 Å². The standard InChI is InChI=1S/C12H16Br2N2O2.ClH/c13-9-5-8(6-10(14)12(9)18)11(7-17)16-3-1-15-2-4-16;/h5-6,11,15,17-18H,1-4,7H2;1H/t11-;/m0./s1. The molecule has 0 aliphatic carbocycles. The van der Waals surface area contributed by atoms with Gasteiger partial charge in [-0.1, -0.05) is 0 Å². The zero-order valence-electron chi connectivity index (χ0n) is 10.3. The van der Waals surface area contributed by atoms with Crippen LogP contribution in [0.4, 0.5) is 0 Å². The Morgan fingerprint density at radius 1 is 1.21 bits per heavy atom. The Morgan fingerprint density at radius 2 is 1.74 bits per heavy atom. The predicted molar refractivity (Wildman–Crippen MR) is 85.0 cm³/mol. The van der Waals surface area contributed by atoms with Crippen molar-refractivity contribution >= 4 is 44.3 Å². The summed E-state index contributed by atoms with van der Waals surface area (Å²) in [4.78, 5) is 2.25. The van der Waals surface area contributed by atoms with E-state index < -0.39 is 0 Å². The highest BCUT2D eigenvalue weighted by molar-refractivity contribution is 9.11. The van der Waals surface area contributed by atoms with Crippen molar-refractivity contribution in [3.8, 4) is 5.75 Å². The average molecular weight is 417 g/mol. The van der Waals surface area contributed by atoms with Gasteiger partial charge in [-0.2, -0.15) is 0 Å². The van der Waals surface area contributed by atoms with Gasteiger partial charge < -0.3 is 15.5 Å². The number of rotatable bonds is 3. The van der Waals surface area contributed by atoms with Crippen LogP contribution in [0.2, 0.25) is 0 Å². The Morgan fingerprint density at radius 3 is 2.21 bits per heavy atom. The fourth-order valence-corrected chi connectivity index (χ4v) is 3.42. The molecule has 19 heavy (non-hydrogen) atoms. The molecule has 0 amide bonds. The fourth-order valence-electron chi connectivity index (χ4n) is 2.20. The molecule has 0 radical (unpaired) electrons. The van der Waals surface area contributed by atoms with Gasteiger partial charge in [0.15, 0.2) is 0 Å². The molecular formula is C12H17Br2ClN2O2. The molecule has 0 aromatic heterocycles. The largest absolute Gasteiger partial charge is 0.506 e. The lowest BCUT2D eigenvalue weighted by atomic mass is 10.1. The summed E-state index contributed by atoms with van der Waals surface area (Å²) in [6.45, 7) is 3.79. The van der Waals surface area contributed by atoms with Crippen LogP contribution >= 0.6 is 44.3 Å². The number of aromatic hydroxyl groups is 1. The van der Waals surface area contributed by atoms with E-state index in [-0.39, 0.29) is 30.8 Å². The molecular weight excluding hydrogens is 399 g/mol. The van der Waals surface area contributed by atoms with E-state index in [4.69, 9.17) is 0 Å². The number of hydrogen-bond donors (Lipinski definition) is 3. The molecule has 1 atom stereocenters. The van der Waals surface area contributed by atoms with E-state index in [2.05, 4.69) is 42.1 Å². The van der Waals surface area contributed by atoms with Crippen molar-refractivity contribution in [2.45, 2.75) is 6.04 Å². The second-order valence-corrected chi connectivity index (χ2v) is 6.03. The molecule has 1 saturated heterocycles. The average Bonchev–Trinajstić information content (AvgIpc) is 2.38. The number of nitrogens with zero attached hydrogens (tertiary/aromatic N) is 1. The van der Waals surface area contributed by atoms with E-state index in [1.54, 1.807) is 0 Å². The molecule has 1 aliphatic heterocycles. The maximum atomic E-state index is 9.72. The lowest BCUT2D eigenvalue weighted by Gasteiger charge is -2.34. The quantitative estimate of drug-likeness (QED) is 0.708. The molecule has 0 bridgehead atoms. The van der Waals surface area contributed by atoms with Crippen LogP contribution in [0.15, 0.2) is 21.1 Å². The molecule has 1 heterocycles. The van der Waals surface area contributed by atoms with Gasteiger partial charge in [0.25, 0.3) is 0 Å². The summed E-state index contributed by atoms with van der Waals surface area (Å²) >= 11 is 6.65. The monoisotopic (exact) mass is 414 g/mol. The maximum Gasteiger partial charge on any atom is 0.143 e. The number of halogens is 3. The summed E-state index contributed by atoms with van der Waals surface area (Å²) in [7, 11) is 0. The Balaban J connectivity index is 0.00000180. The fraction of sp³-hybridized carbons (Fsp3) is 0.500. The molecule has 3 N–H and O–H groups in total. The van der Waals surface area contributed by atoms with Gasteiger partial charge in [-0.15, -0.1) is 12.4 Å². The third-order valence-electron chi connectivity index (χ3n) is 3.19. The lowest BCUT2D eigenvalue weighted by molar-refractivity contribution is 0.110. The number of phenolic OH excluding ortho intramolecular Hbond substituents is 1. The topological polar surface area (TPSA) is 55.7 Å². The summed E-state index contributed by atoms with van der Waals surface area (Å²) in [5.41, 5.74) is 0.996. The van der Waals surface area contributed by atoms with Crippen LogP contribution < -0.4 is 5.32 Å². The number of piperazine rings is 1. The molecule has 0 spiro atoms. The number of hydrogen-bond acceptors (Lipinski definition) is 4. The van der Waals surface area contributed by atoms with Crippen LogP contribution in [0.25, 0.3) is 0 Å². The Hall–Kier alpha value is 0.150. The van der Waals surface area contributed by atoms with Crippen molar-refractivity contribution in [1.82, 2.24) is 10.2 Å². The van der Waals surface area contributed by atoms with Crippen LogP contribution in [-0.4, -0.2) is 47.9 Å². The van der Waals surface area contributed by atoms with E-state index in [0.29, 0.717) is 8.95 Å². The molecule has 7 heteroatoms. The molecule has 0 unspecified atom stereocenters. The van der Waals surface area contributed by atoms with E-state index in [1.165, 1.54) is 0 Å². The van der Waals surface area contributed by atoms with Crippen LogP contribution in [0, 0.1) is 0 Å². The van der Waals surface area contributed by atoms with Crippen molar-refractivity contribution in [3.63, 3.8) is 0 Å². The van der Waals surface area contributed by atoms with Crippen molar-refractivity contribution in [2.75, 3.05) is 32.8 Å². The summed E-state index contributed by atoms with van der Waals surface area (Å²) in [6, 6.07) is 3.70. The number of aliphatic hydroxyl groups is 1. The van der Waals surface area contributed by atoms with Gasteiger partial charge in [-0.05, 0) is 49.6 Å². The first kappa shape index (κ1) is 17.2. The van der Waals surface area contributed by atoms with Crippen molar-refractivity contribution in [2.24, 2.45) is 0 Å². The Labute approximate surface area is 135 Å². The highest BCUT2D eigenvalue weighted by atomic mass is 79.9. The van der Waals surface area contributed by atoms with Gasteiger partial charge in [-0.25, -0.2) is 0 Å². The predicted octanol–water partition coefficient (Wildman–Crippen LogP) is 2.28. The van der Waals surface area contributed by atoms with Crippen molar-refractivity contribution in [1.29, 1.82) is 0 Å². The van der Waals surface area contributed by atoms with E-state index in [1.807, 2.05) is 12.1 Å².